The highest BCUT2D eigenvalue weighted by Crippen LogP contribution is 2.00. The van der Waals surface area contributed by atoms with Gasteiger partial charge >= 0.3 is 5.97 Å². The zero-order valence-electron chi connectivity index (χ0n) is 7.97. The standard InChI is InChI=1S/C11H12O3/c1-13-8-7-11(12)14-9-10-5-3-2-4-6-10/h2-8H,9H2,1H3/b8-7+. The first-order valence-corrected chi connectivity index (χ1v) is 4.23. The van der Waals surface area contributed by atoms with E-state index >= 15 is 0 Å². The van der Waals surface area contributed by atoms with Crippen molar-refractivity contribution in [2.75, 3.05) is 7.11 Å². The van der Waals surface area contributed by atoms with Crippen molar-refractivity contribution in [3.8, 4) is 0 Å². The Morgan fingerprint density at radius 3 is 2.71 bits per heavy atom. The van der Waals surface area contributed by atoms with Crippen LogP contribution >= 0.6 is 0 Å². The molecule has 3 nitrogen and oxygen atoms in total. The molecule has 3 heteroatoms. The van der Waals surface area contributed by atoms with Gasteiger partial charge < -0.3 is 9.47 Å². The molecule has 1 aromatic rings. The summed E-state index contributed by atoms with van der Waals surface area (Å²) >= 11 is 0. The van der Waals surface area contributed by atoms with Crippen molar-refractivity contribution in [1.29, 1.82) is 0 Å². The summed E-state index contributed by atoms with van der Waals surface area (Å²) in [6.45, 7) is 0.285. The predicted molar refractivity (Wildman–Crippen MR) is 52.4 cm³/mol. The molecule has 0 atom stereocenters. The number of methoxy groups -OCH3 is 1. The molecule has 0 aliphatic rings. The molecule has 74 valence electrons. The van der Waals surface area contributed by atoms with Crippen LogP contribution in [0.2, 0.25) is 0 Å². The molecule has 1 rings (SSSR count). The van der Waals surface area contributed by atoms with Gasteiger partial charge in [-0.3, -0.25) is 0 Å². The molecule has 0 unspecified atom stereocenters. The topological polar surface area (TPSA) is 35.5 Å². The molecule has 0 aliphatic carbocycles. The number of hydrogen-bond donors (Lipinski definition) is 0. The molecular weight excluding hydrogens is 180 g/mol. The van der Waals surface area contributed by atoms with Crippen LogP contribution in [0.4, 0.5) is 0 Å². The zero-order valence-corrected chi connectivity index (χ0v) is 7.97. The largest absolute Gasteiger partial charge is 0.504 e. The minimum atomic E-state index is -0.407. The monoisotopic (exact) mass is 192 g/mol. The van der Waals surface area contributed by atoms with E-state index < -0.39 is 5.97 Å². The molecule has 0 fully saturated rings. The first kappa shape index (κ1) is 10.3. The smallest absolute Gasteiger partial charge is 0.334 e. The maximum Gasteiger partial charge on any atom is 0.334 e. The molecule has 0 amide bonds. The second kappa shape index (κ2) is 5.80. The van der Waals surface area contributed by atoms with Gasteiger partial charge in [-0.1, -0.05) is 30.3 Å². The highest BCUT2D eigenvalue weighted by molar-refractivity contribution is 5.81. The Bertz CT molecular complexity index is 304. The van der Waals surface area contributed by atoms with E-state index in [1.165, 1.54) is 19.4 Å². The molecule has 0 aliphatic heterocycles. The second-order valence-electron chi connectivity index (χ2n) is 2.63. The average molecular weight is 192 g/mol. The van der Waals surface area contributed by atoms with Crippen LogP contribution in [0.1, 0.15) is 5.56 Å². The fraction of sp³-hybridized carbons (Fsp3) is 0.182. The van der Waals surface area contributed by atoms with Gasteiger partial charge in [0.1, 0.15) is 6.61 Å². The summed E-state index contributed by atoms with van der Waals surface area (Å²) in [5, 5.41) is 0. The van der Waals surface area contributed by atoms with Crippen molar-refractivity contribution >= 4 is 5.97 Å². The van der Waals surface area contributed by atoms with Gasteiger partial charge in [-0.25, -0.2) is 4.79 Å². The van der Waals surface area contributed by atoms with E-state index in [1.54, 1.807) is 0 Å². The van der Waals surface area contributed by atoms with E-state index in [1.807, 2.05) is 30.3 Å². The lowest BCUT2D eigenvalue weighted by Gasteiger charge is -2.00. The summed E-state index contributed by atoms with van der Waals surface area (Å²) in [7, 11) is 1.47. The van der Waals surface area contributed by atoms with Gasteiger partial charge in [0.25, 0.3) is 0 Å². The lowest BCUT2D eigenvalue weighted by Crippen LogP contribution is -2.00. The van der Waals surface area contributed by atoms with E-state index in [9.17, 15) is 4.79 Å². The van der Waals surface area contributed by atoms with Crippen molar-refractivity contribution in [3.63, 3.8) is 0 Å². The van der Waals surface area contributed by atoms with Crippen molar-refractivity contribution < 1.29 is 14.3 Å². The number of carbonyl (C=O) groups is 1. The molecular formula is C11H12O3. The summed E-state index contributed by atoms with van der Waals surface area (Å²) in [6, 6.07) is 9.50. The van der Waals surface area contributed by atoms with E-state index in [0.29, 0.717) is 0 Å². The van der Waals surface area contributed by atoms with Crippen LogP contribution in [0.5, 0.6) is 0 Å². The van der Waals surface area contributed by atoms with E-state index in [2.05, 4.69) is 4.74 Å². The maximum atomic E-state index is 11.0. The lowest BCUT2D eigenvalue weighted by molar-refractivity contribution is -0.139. The second-order valence-corrected chi connectivity index (χ2v) is 2.63. The first-order valence-electron chi connectivity index (χ1n) is 4.23. The van der Waals surface area contributed by atoms with Crippen LogP contribution in [0.25, 0.3) is 0 Å². The van der Waals surface area contributed by atoms with Gasteiger partial charge in [0, 0.05) is 0 Å². The highest BCUT2D eigenvalue weighted by Gasteiger charge is 1.97. The van der Waals surface area contributed by atoms with Crippen LogP contribution in [0.15, 0.2) is 42.7 Å². The summed E-state index contributed by atoms with van der Waals surface area (Å²) < 4.78 is 9.51. The van der Waals surface area contributed by atoms with E-state index in [0.717, 1.165) is 5.56 Å². The van der Waals surface area contributed by atoms with Crippen LogP contribution < -0.4 is 0 Å². The third-order valence-electron chi connectivity index (χ3n) is 1.56. The fourth-order valence-electron chi connectivity index (χ4n) is 0.900. The normalized spacial score (nSPS) is 10.1. The Balaban J connectivity index is 2.34. The highest BCUT2D eigenvalue weighted by atomic mass is 16.5. The molecule has 0 heterocycles. The Kier molecular flexibility index (Phi) is 4.27. The molecule has 0 radical (unpaired) electrons. The number of esters is 1. The Labute approximate surface area is 83.0 Å². The minimum Gasteiger partial charge on any atom is -0.504 e. The Hall–Kier alpha value is -1.77. The van der Waals surface area contributed by atoms with Crippen LogP contribution in [-0.4, -0.2) is 13.1 Å². The molecule has 0 N–H and O–H groups in total. The number of carbonyl (C=O) groups excluding carboxylic acids is 1. The lowest BCUT2D eigenvalue weighted by atomic mass is 10.2. The van der Waals surface area contributed by atoms with Gasteiger partial charge in [0.05, 0.1) is 19.4 Å². The molecule has 14 heavy (non-hydrogen) atoms. The average Bonchev–Trinajstić information content (AvgIpc) is 2.25. The molecule has 0 aromatic heterocycles. The van der Waals surface area contributed by atoms with E-state index in [4.69, 9.17) is 4.74 Å². The summed E-state index contributed by atoms with van der Waals surface area (Å²) in [5.74, 6) is -0.407. The third-order valence-corrected chi connectivity index (χ3v) is 1.56. The minimum absolute atomic E-state index is 0.285. The van der Waals surface area contributed by atoms with E-state index in [-0.39, 0.29) is 6.61 Å². The fourth-order valence-corrected chi connectivity index (χ4v) is 0.900. The van der Waals surface area contributed by atoms with Crippen molar-refractivity contribution in [2.24, 2.45) is 0 Å². The van der Waals surface area contributed by atoms with Crippen LogP contribution in [-0.2, 0) is 20.9 Å². The zero-order chi connectivity index (χ0) is 10.2. The summed E-state index contributed by atoms with van der Waals surface area (Å²) in [5.41, 5.74) is 0.965. The number of benzene rings is 1. The van der Waals surface area contributed by atoms with Gasteiger partial charge in [-0.05, 0) is 5.56 Å². The van der Waals surface area contributed by atoms with Crippen LogP contribution in [0, 0.1) is 0 Å². The van der Waals surface area contributed by atoms with Crippen LogP contribution in [0.3, 0.4) is 0 Å². The van der Waals surface area contributed by atoms with Crippen molar-refractivity contribution in [2.45, 2.75) is 6.61 Å². The molecule has 0 saturated carbocycles. The number of ether oxygens (including phenoxy) is 2. The molecule has 1 aromatic carbocycles. The Morgan fingerprint density at radius 1 is 1.36 bits per heavy atom. The van der Waals surface area contributed by atoms with Gasteiger partial charge in [0.2, 0.25) is 0 Å². The predicted octanol–water partition coefficient (Wildman–Crippen LogP) is 1.89. The molecule has 0 saturated heterocycles. The van der Waals surface area contributed by atoms with Gasteiger partial charge in [-0.2, -0.15) is 0 Å². The Morgan fingerprint density at radius 2 is 2.07 bits per heavy atom. The number of hydrogen-bond acceptors (Lipinski definition) is 3. The molecule has 0 spiro atoms. The quantitative estimate of drug-likeness (QED) is 0.415. The van der Waals surface area contributed by atoms with Gasteiger partial charge in [-0.15, -0.1) is 0 Å². The first-order chi connectivity index (χ1) is 6.83. The SMILES string of the molecule is CO/C=C/C(=O)OCc1ccccc1. The summed E-state index contributed by atoms with van der Waals surface area (Å²) in [6.07, 6.45) is 2.52. The van der Waals surface area contributed by atoms with Gasteiger partial charge in [0.15, 0.2) is 0 Å². The summed E-state index contributed by atoms with van der Waals surface area (Å²) in [4.78, 5) is 11.0. The molecule has 0 bridgehead atoms. The number of rotatable bonds is 4. The maximum absolute atomic E-state index is 11.0. The third kappa shape index (κ3) is 3.76. The van der Waals surface area contributed by atoms with Crippen molar-refractivity contribution in [1.82, 2.24) is 0 Å². The van der Waals surface area contributed by atoms with Crippen molar-refractivity contribution in [3.05, 3.63) is 48.2 Å².